The minimum absolute atomic E-state index is 0.0457. The van der Waals surface area contributed by atoms with Crippen LogP contribution in [0.25, 0.3) is 11.4 Å². The molecule has 0 radical (unpaired) electrons. The lowest BCUT2D eigenvalue weighted by Crippen LogP contribution is -2.41. The van der Waals surface area contributed by atoms with Crippen LogP contribution in [0.15, 0.2) is 43.0 Å². The van der Waals surface area contributed by atoms with Crippen molar-refractivity contribution in [3.8, 4) is 11.4 Å². The number of pyridine rings is 1. The van der Waals surface area contributed by atoms with Crippen LogP contribution in [0.1, 0.15) is 35.1 Å². The number of anilines is 1. The van der Waals surface area contributed by atoms with Crippen molar-refractivity contribution in [3.63, 3.8) is 0 Å². The first-order valence-electron chi connectivity index (χ1n) is 9.86. The number of aromatic nitrogens is 5. The minimum Gasteiger partial charge on any atom is -0.352 e. The smallest absolute Gasteiger partial charge is 0.352 e. The molecule has 168 valence electrons. The highest BCUT2D eigenvalue weighted by atomic mass is 19.4. The zero-order chi connectivity index (χ0) is 23.3. The molecule has 8 nitrogen and oxygen atoms in total. The number of hydrogen-bond acceptors (Lipinski definition) is 7. The van der Waals surface area contributed by atoms with Crippen LogP contribution in [0.4, 0.5) is 19.1 Å². The summed E-state index contributed by atoms with van der Waals surface area (Å²) in [6.07, 6.45) is 0.685. The Balaban J connectivity index is 1.76. The Morgan fingerprint density at radius 2 is 1.78 bits per heavy atom. The minimum atomic E-state index is -4.50. The molecular weight excluding hydrogens is 423 g/mol. The summed E-state index contributed by atoms with van der Waals surface area (Å²) in [6, 6.07) is 4.93. The predicted octanol–water partition coefficient (Wildman–Crippen LogP) is 3.62. The Bertz CT molecular complexity index is 1060. The summed E-state index contributed by atoms with van der Waals surface area (Å²) in [6.45, 7) is 3.93. The summed E-state index contributed by atoms with van der Waals surface area (Å²) in [7, 11) is 1.64. The summed E-state index contributed by atoms with van der Waals surface area (Å²) in [4.78, 5) is 35.1. The van der Waals surface area contributed by atoms with Gasteiger partial charge in [-0.2, -0.15) is 13.2 Å². The number of halogens is 3. The van der Waals surface area contributed by atoms with Crippen molar-refractivity contribution < 1.29 is 18.0 Å². The lowest BCUT2D eigenvalue weighted by molar-refractivity contribution is -0.138. The first kappa shape index (κ1) is 23.0. The van der Waals surface area contributed by atoms with Gasteiger partial charge in [0.25, 0.3) is 5.91 Å². The molecule has 0 aliphatic carbocycles. The van der Waals surface area contributed by atoms with Crippen molar-refractivity contribution in [2.24, 2.45) is 0 Å². The molecule has 0 saturated carbocycles. The van der Waals surface area contributed by atoms with Gasteiger partial charge in [-0.25, -0.2) is 24.9 Å². The maximum absolute atomic E-state index is 13.3. The fourth-order valence-electron chi connectivity index (χ4n) is 3.00. The quantitative estimate of drug-likeness (QED) is 0.593. The number of carbonyl (C=O) groups excluding carboxylic acids is 1. The van der Waals surface area contributed by atoms with Crippen LogP contribution in [0.2, 0.25) is 0 Å². The van der Waals surface area contributed by atoms with E-state index in [1.165, 1.54) is 4.90 Å². The number of alkyl halides is 3. The van der Waals surface area contributed by atoms with Crippen LogP contribution in [-0.4, -0.2) is 55.4 Å². The molecular formula is C21H22F3N7O. The highest BCUT2D eigenvalue weighted by Crippen LogP contribution is 2.28. The lowest BCUT2D eigenvalue weighted by Gasteiger charge is -2.28. The fourth-order valence-corrected chi connectivity index (χ4v) is 3.00. The van der Waals surface area contributed by atoms with Crippen molar-refractivity contribution in [1.82, 2.24) is 29.8 Å². The van der Waals surface area contributed by atoms with E-state index in [0.29, 0.717) is 35.9 Å². The third kappa shape index (κ3) is 5.34. The Morgan fingerprint density at radius 3 is 2.38 bits per heavy atom. The van der Waals surface area contributed by atoms with Crippen LogP contribution in [0.3, 0.4) is 0 Å². The molecule has 0 spiro atoms. The molecule has 0 unspecified atom stereocenters. The second-order valence-corrected chi connectivity index (χ2v) is 7.07. The topological polar surface area (TPSA) is 96.8 Å². The van der Waals surface area contributed by atoms with Gasteiger partial charge < -0.3 is 10.2 Å². The van der Waals surface area contributed by atoms with E-state index < -0.39 is 11.7 Å². The molecule has 3 aromatic heterocycles. The lowest BCUT2D eigenvalue weighted by atomic mass is 10.1. The van der Waals surface area contributed by atoms with Gasteiger partial charge in [0.1, 0.15) is 5.69 Å². The average molecular weight is 445 g/mol. The van der Waals surface area contributed by atoms with Gasteiger partial charge in [0.2, 0.25) is 5.95 Å². The number of aryl methyl sites for hydroxylation is 1. The van der Waals surface area contributed by atoms with E-state index in [0.717, 1.165) is 0 Å². The van der Waals surface area contributed by atoms with Gasteiger partial charge in [-0.15, -0.1) is 0 Å². The molecule has 1 amide bonds. The van der Waals surface area contributed by atoms with Crippen molar-refractivity contribution in [2.45, 2.75) is 32.5 Å². The van der Waals surface area contributed by atoms with Crippen LogP contribution in [-0.2, 0) is 6.18 Å². The molecule has 1 atom stereocenters. The molecule has 0 aliphatic heterocycles. The molecule has 0 bridgehead atoms. The van der Waals surface area contributed by atoms with Gasteiger partial charge in [0.15, 0.2) is 5.82 Å². The standard InChI is InChI=1S/C21H22F3N7O/c1-4-15(12-29-20-27-10-14(11-28-20)21(22,23)24)31(3)19(32)17-16(7-6-13(2)30-17)18-25-8-5-9-26-18/h5-11,15H,4,12H2,1-3H3,(H,27,28,29)/t15-/m0/s1. The monoisotopic (exact) mass is 445 g/mol. The third-order valence-electron chi connectivity index (χ3n) is 4.86. The number of carbonyl (C=O) groups is 1. The normalized spacial score (nSPS) is 12.3. The fraction of sp³-hybridized carbons (Fsp3) is 0.333. The number of nitrogens with zero attached hydrogens (tertiary/aromatic N) is 6. The molecule has 0 saturated heterocycles. The van der Waals surface area contributed by atoms with Crippen LogP contribution in [0.5, 0.6) is 0 Å². The van der Waals surface area contributed by atoms with E-state index in [2.05, 4.69) is 30.2 Å². The van der Waals surface area contributed by atoms with Crippen LogP contribution >= 0.6 is 0 Å². The van der Waals surface area contributed by atoms with E-state index in [4.69, 9.17) is 0 Å². The van der Waals surface area contributed by atoms with E-state index >= 15 is 0 Å². The van der Waals surface area contributed by atoms with Crippen molar-refractivity contribution in [2.75, 3.05) is 18.9 Å². The molecule has 1 N–H and O–H groups in total. The maximum atomic E-state index is 13.3. The summed E-state index contributed by atoms with van der Waals surface area (Å²) in [5.74, 6) is 0.114. The van der Waals surface area contributed by atoms with Crippen LogP contribution < -0.4 is 5.32 Å². The van der Waals surface area contributed by atoms with Gasteiger partial charge in [-0.1, -0.05) is 6.92 Å². The van der Waals surface area contributed by atoms with Gasteiger partial charge in [-0.3, -0.25) is 4.79 Å². The highest BCUT2D eigenvalue weighted by Gasteiger charge is 2.31. The number of nitrogens with one attached hydrogen (secondary N) is 1. The van der Waals surface area contributed by atoms with Crippen LogP contribution in [0, 0.1) is 6.92 Å². The van der Waals surface area contributed by atoms with E-state index in [1.54, 1.807) is 44.6 Å². The van der Waals surface area contributed by atoms with E-state index in [1.807, 2.05) is 6.92 Å². The first-order chi connectivity index (χ1) is 15.2. The molecule has 3 heterocycles. The maximum Gasteiger partial charge on any atom is 0.419 e. The summed E-state index contributed by atoms with van der Waals surface area (Å²) in [5.41, 5.74) is 0.485. The number of rotatable bonds is 7. The van der Waals surface area contributed by atoms with E-state index in [9.17, 15) is 18.0 Å². The second-order valence-electron chi connectivity index (χ2n) is 7.07. The van der Waals surface area contributed by atoms with E-state index in [-0.39, 0.29) is 30.1 Å². The highest BCUT2D eigenvalue weighted by molar-refractivity contribution is 5.98. The zero-order valence-electron chi connectivity index (χ0n) is 17.8. The Labute approximate surface area is 183 Å². The largest absolute Gasteiger partial charge is 0.419 e. The van der Waals surface area contributed by atoms with Crippen molar-refractivity contribution in [3.05, 3.63) is 59.9 Å². The zero-order valence-corrected chi connectivity index (χ0v) is 17.8. The summed E-state index contributed by atoms with van der Waals surface area (Å²) in [5, 5.41) is 2.89. The number of likely N-dealkylation sites (N-methyl/N-ethyl adjacent to an activating group) is 1. The average Bonchev–Trinajstić information content (AvgIpc) is 2.79. The molecule has 0 fully saturated rings. The predicted molar refractivity (Wildman–Crippen MR) is 112 cm³/mol. The Morgan fingerprint density at radius 1 is 1.12 bits per heavy atom. The molecule has 32 heavy (non-hydrogen) atoms. The molecule has 0 aliphatic rings. The summed E-state index contributed by atoms with van der Waals surface area (Å²) >= 11 is 0. The second kappa shape index (κ2) is 9.67. The number of hydrogen-bond donors (Lipinski definition) is 1. The Hall–Kier alpha value is -3.63. The first-order valence-corrected chi connectivity index (χ1v) is 9.86. The molecule has 3 aromatic rings. The van der Waals surface area contributed by atoms with Gasteiger partial charge in [0, 0.05) is 50.1 Å². The SMILES string of the molecule is CC[C@@H](CNc1ncc(C(F)(F)F)cn1)N(C)C(=O)c1nc(C)ccc1-c1ncccn1. The van der Waals surface area contributed by atoms with Gasteiger partial charge in [0.05, 0.1) is 11.1 Å². The van der Waals surface area contributed by atoms with Crippen molar-refractivity contribution >= 4 is 11.9 Å². The third-order valence-corrected chi connectivity index (χ3v) is 4.86. The Kier molecular flexibility index (Phi) is 6.96. The molecule has 3 rings (SSSR count). The number of amides is 1. The van der Waals surface area contributed by atoms with Gasteiger partial charge in [-0.05, 0) is 31.5 Å². The summed E-state index contributed by atoms with van der Waals surface area (Å²) < 4.78 is 38.0. The van der Waals surface area contributed by atoms with Gasteiger partial charge >= 0.3 is 6.18 Å². The van der Waals surface area contributed by atoms with Crippen molar-refractivity contribution in [1.29, 1.82) is 0 Å². The molecule has 11 heteroatoms. The molecule has 0 aromatic carbocycles.